The van der Waals surface area contributed by atoms with Crippen LogP contribution in [0.4, 0.5) is 4.39 Å². The Hall–Kier alpha value is -1.18. The maximum atomic E-state index is 13.8. The van der Waals surface area contributed by atoms with E-state index in [1.54, 1.807) is 6.92 Å². The van der Waals surface area contributed by atoms with E-state index in [9.17, 15) is 12.8 Å². The number of nitrogens with zero attached hydrogens (tertiary/aromatic N) is 1. The summed E-state index contributed by atoms with van der Waals surface area (Å²) in [5, 5.41) is 3.21. The Kier molecular flexibility index (Phi) is 5.18. The van der Waals surface area contributed by atoms with E-state index in [1.807, 2.05) is 0 Å². The van der Waals surface area contributed by atoms with Crippen LogP contribution in [0.15, 0.2) is 23.1 Å². The van der Waals surface area contributed by atoms with Gasteiger partial charge in [0.05, 0.1) is 12.0 Å². The van der Waals surface area contributed by atoms with Gasteiger partial charge in [0.1, 0.15) is 0 Å². The molecule has 0 unspecified atom stereocenters. The molecule has 1 aromatic carbocycles. The van der Waals surface area contributed by atoms with E-state index >= 15 is 0 Å². The fraction of sp³-hybridized carbons (Fsp3) is 0.571. The van der Waals surface area contributed by atoms with E-state index in [0.717, 1.165) is 32.0 Å². The Morgan fingerprint density at radius 2 is 2.05 bits per heavy atom. The first-order valence-electron chi connectivity index (χ1n) is 7.06. The monoisotopic (exact) mass is 316 g/mol. The summed E-state index contributed by atoms with van der Waals surface area (Å²) in [7, 11) is -2.34. The highest BCUT2D eigenvalue weighted by molar-refractivity contribution is 7.89. The number of methoxy groups -OCH3 is 1. The molecule has 7 heteroatoms. The molecule has 0 amide bonds. The number of benzene rings is 1. The third-order valence-corrected chi connectivity index (χ3v) is 5.78. The Morgan fingerprint density at radius 3 is 2.57 bits per heavy atom. The van der Waals surface area contributed by atoms with Gasteiger partial charge in [-0.2, -0.15) is 4.31 Å². The van der Waals surface area contributed by atoms with Crippen LogP contribution in [-0.4, -0.2) is 45.5 Å². The van der Waals surface area contributed by atoms with Gasteiger partial charge in [0.25, 0.3) is 0 Å². The standard InChI is InChI=1S/C14H21FN2O3S/c1-3-17(11-6-8-16-9-7-11)21(18,19)12-4-5-14(20-2)13(15)10-12/h4-5,10-11,16H,3,6-9H2,1-2H3. The number of ether oxygens (including phenoxy) is 1. The van der Waals surface area contributed by atoms with Crippen LogP contribution in [0.25, 0.3) is 0 Å². The number of nitrogens with one attached hydrogen (secondary N) is 1. The van der Waals surface area contributed by atoms with Gasteiger partial charge in [-0.15, -0.1) is 0 Å². The third-order valence-electron chi connectivity index (χ3n) is 3.76. The minimum absolute atomic E-state index is 0.0267. The van der Waals surface area contributed by atoms with Gasteiger partial charge in [-0.3, -0.25) is 0 Å². The molecule has 0 aliphatic carbocycles. The number of rotatable bonds is 5. The molecular formula is C14H21FN2O3S. The van der Waals surface area contributed by atoms with Crippen LogP contribution >= 0.6 is 0 Å². The van der Waals surface area contributed by atoms with Crippen LogP contribution in [0.1, 0.15) is 19.8 Å². The van der Waals surface area contributed by atoms with Crippen molar-refractivity contribution in [2.75, 3.05) is 26.7 Å². The topological polar surface area (TPSA) is 58.6 Å². The zero-order valence-corrected chi connectivity index (χ0v) is 13.1. The van der Waals surface area contributed by atoms with Crippen molar-refractivity contribution >= 4 is 10.0 Å². The van der Waals surface area contributed by atoms with Crippen molar-refractivity contribution in [1.29, 1.82) is 0 Å². The molecule has 0 saturated carbocycles. The first kappa shape index (κ1) is 16.2. The van der Waals surface area contributed by atoms with E-state index in [2.05, 4.69) is 5.32 Å². The van der Waals surface area contributed by atoms with Crippen molar-refractivity contribution < 1.29 is 17.5 Å². The van der Waals surface area contributed by atoms with Crippen molar-refractivity contribution in [3.05, 3.63) is 24.0 Å². The predicted molar refractivity (Wildman–Crippen MR) is 78.4 cm³/mol. The van der Waals surface area contributed by atoms with Gasteiger partial charge < -0.3 is 10.1 Å². The maximum Gasteiger partial charge on any atom is 0.243 e. The summed E-state index contributed by atoms with van der Waals surface area (Å²) >= 11 is 0. The molecular weight excluding hydrogens is 295 g/mol. The lowest BCUT2D eigenvalue weighted by molar-refractivity contribution is 0.270. The SMILES string of the molecule is CCN(C1CCNCC1)S(=O)(=O)c1ccc(OC)c(F)c1. The highest BCUT2D eigenvalue weighted by Gasteiger charge is 2.31. The summed E-state index contributed by atoms with van der Waals surface area (Å²) in [6.07, 6.45) is 1.54. The molecule has 1 N–H and O–H groups in total. The molecule has 5 nitrogen and oxygen atoms in total. The second-order valence-electron chi connectivity index (χ2n) is 4.99. The molecule has 0 radical (unpaired) electrons. The van der Waals surface area contributed by atoms with E-state index in [0.29, 0.717) is 6.54 Å². The molecule has 0 spiro atoms. The lowest BCUT2D eigenvalue weighted by atomic mass is 10.1. The van der Waals surface area contributed by atoms with Crippen LogP contribution in [-0.2, 0) is 10.0 Å². The minimum Gasteiger partial charge on any atom is -0.494 e. The molecule has 2 rings (SSSR count). The second kappa shape index (κ2) is 6.72. The van der Waals surface area contributed by atoms with E-state index in [1.165, 1.54) is 23.5 Å². The van der Waals surface area contributed by atoms with Gasteiger partial charge in [-0.25, -0.2) is 12.8 Å². The highest BCUT2D eigenvalue weighted by atomic mass is 32.2. The molecule has 0 atom stereocenters. The van der Waals surface area contributed by atoms with Crippen LogP contribution in [0, 0.1) is 5.82 Å². The zero-order chi connectivity index (χ0) is 15.5. The van der Waals surface area contributed by atoms with Crippen molar-refractivity contribution in [2.45, 2.75) is 30.7 Å². The number of piperidine rings is 1. The van der Waals surface area contributed by atoms with Gasteiger partial charge >= 0.3 is 0 Å². The highest BCUT2D eigenvalue weighted by Crippen LogP contribution is 2.26. The first-order valence-corrected chi connectivity index (χ1v) is 8.50. The van der Waals surface area contributed by atoms with Gasteiger partial charge in [0, 0.05) is 12.6 Å². The summed E-state index contributed by atoms with van der Waals surface area (Å²) < 4.78 is 45.5. The Bertz CT molecular complexity index is 586. The van der Waals surface area contributed by atoms with Crippen molar-refractivity contribution in [1.82, 2.24) is 9.62 Å². The molecule has 0 aromatic heterocycles. The third kappa shape index (κ3) is 3.36. The lowest BCUT2D eigenvalue weighted by Crippen LogP contribution is -2.45. The molecule has 21 heavy (non-hydrogen) atoms. The van der Waals surface area contributed by atoms with E-state index < -0.39 is 15.8 Å². The van der Waals surface area contributed by atoms with Crippen LogP contribution in [0.3, 0.4) is 0 Å². The molecule has 1 aliphatic heterocycles. The predicted octanol–water partition coefficient (Wildman–Crippen LogP) is 1.60. The fourth-order valence-electron chi connectivity index (χ4n) is 2.66. The molecule has 0 bridgehead atoms. The quantitative estimate of drug-likeness (QED) is 0.896. The largest absolute Gasteiger partial charge is 0.494 e. The van der Waals surface area contributed by atoms with Crippen LogP contribution in [0.2, 0.25) is 0 Å². The zero-order valence-electron chi connectivity index (χ0n) is 12.3. The number of hydrogen-bond donors (Lipinski definition) is 1. The summed E-state index contributed by atoms with van der Waals surface area (Å²) in [6, 6.07) is 3.73. The molecule has 118 valence electrons. The average molecular weight is 316 g/mol. The van der Waals surface area contributed by atoms with Gasteiger partial charge in [0.15, 0.2) is 11.6 Å². The number of sulfonamides is 1. The lowest BCUT2D eigenvalue weighted by Gasteiger charge is -2.33. The fourth-order valence-corrected chi connectivity index (χ4v) is 4.37. The number of halogens is 1. The maximum absolute atomic E-state index is 13.8. The summed E-state index contributed by atoms with van der Waals surface area (Å²) in [6.45, 7) is 3.78. The summed E-state index contributed by atoms with van der Waals surface area (Å²) in [4.78, 5) is -0.0267. The minimum atomic E-state index is -3.69. The van der Waals surface area contributed by atoms with Gasteiger partial charge in [-0.05, 0) is 44.1 Å². The first-order chi connectivity index (χ1) is 10.0. The van der Waals surface area contributed by atoms with Crippen molar-refractivity contribution in [3.63, 3.8) is 0 Å². The van der Waals surface area contributed by atoms with E-state index in [-0.39, 0.29) is 16.7 Å². The van der Waals surface area contributed by atoms with Gasteiger partial charge in [-0.1, -0.05) is 6.92 Å². The molecule has 1 fully saturated rings. The molecule has 1 heterocycles. The van der Waals surface area contributed by atoms with Gasteiger partial charge in [0.2, 0.25) is 10.0 Å². The van der Waals surface area contributed by atoms with Crippen LogP contribution in [0.5, 0.6) is 5.75 Å². The molecule has 1 aliphatic rings. The second-order valence-corrected chi connectivity index (χ2v) is 6.88. The van der Waals surface area contributed by atoms with Crippen LogP contribution < -0.4 is 10.1 Å². The normalized spacial score (nSPS) is 17.1. The molecule has 1 saturated heterocycles. The Morgan fingerprint density at radius 1 is 1.38 bits per heavy atom. The van der Waals surface area contributed by atoms with Crippen molar-refractivity contribution in [3.8, 4) is 5.75 Å². The summed E-state index contributed by atoms with van der Waals surface area (Å²) in [5.74, 6) is -0.626. The average Bonchev–Trinajstić information content (AvgIpc) is 2.48. The Labute approximate surface area is 125 Å². The Balaban J connectivity index is 2.32. The smallest absolute Gasteiger partial charge is 0.243 e. The van der Waals surface area contributed by atoms with Crippen molar-refractivity contribution in [2.24, 2.45) is 0 Å². The van der Waals surface area contributed by atoms with E-state index in [4.69, 9.17) is 4.74 Å². The molecule has 1 aromatic rings. The summed E-state index contributed by atoms with van der Waals surface area (Å²) in [5.41, 5.74) is 0. The number of hydrogen-bond acceptors (Lipinski definition) is 4.